The minimum atomic E-state index is -5.30. The maximum absolute atomic E-state index is 13.4. The Labute approximate surface area is 208 Å². The fraction of sp³-hybridized carbons (Fsp3) is 0.500. The van der Waals surface area contributed by atoms with Gasteiger partial charge in [-0.25, -0.2) is 9.59 Å². The number of aromatic amines is 1. The lowest BCUT2D eigenvalue weighted by Gasteiger charge is -2.41. The molecule has 1 saturated heterocycles. The monoisotopic (exact) mass is 528 g/mol. The number of hydrogen-bond donors (Lipinski definition) is 2. The number of rotatable bonds is 4. The van der Waals surface area contributed by atoms with Gasteiger partial charge in [-0.15, -0.1) is 5.06 Å². The largest absolute Gasteiger partial charge is 0.493 e. The third-order valence-corrected chi connectivity index (χ3v) is 7.00. The number of nitrogens with zero attached hydrogens (tertiary/aromatic N) is 4. The van der Waals surface area contributed by atoms with E-state index in [0.717, 1.165) is 17.9 Å². The predicted molar refractivity (Wildman–Crippen MR) is 125 cm³/mol. The molecule has 1 atom stereocenters. The number of carbonyl (C=O) groups is 1. The summed E-state index contributed by atoms with van der Waals surface area (Å²) in [6, 6.07) is 6.15. The summed E-state index contributed by atoms with van der Waals surface area (Å²) in [5.41, 5.74) is -1.40. The van der Waals surface area contributed by atoms with Crippen molar-refractivity contribution in [2.24, 2.45) is 0 Å². The molecule has 2 fully saturated rings. The molecule has 1 aromatic carbocycles. The first kappa shape index (κ1) is 24.7. The molecule has 1 saturated carbocycles. The van der Waals surface area contributed by atoms with Gasteiger partial charge in [-0.1, -0.05) is 36.6 Å². The summed E-state index contributed by atoms with van der Waals surface area (Å²) >= 11 is 6.49. The summed E-state index contributed by atoms with van der Waals surface area (Å²) < 4.78 is 41.4. The number of aromatic nitrogens is 2. The SMILES string of the molecule is O=C(ON1c2c(c(=O)[nH]c(=O)n2C2CCCC2)N(c2ccccc2Cl)C1N1CCNCC1)C(F)(F)F. The fourth-order valence-electron chi connectivity index (χ4n) is 5.14. The molecule has 2 aromatic rings. The van der Waals surface area contributed by atoms with E-state index < -0.39 is 29.7 Å². The third-order valence-electron chi connectivity index (χ3n) is 6.68. The minimum absolute atomic E-state index is 0.117. The van der Waals surface area contributed by atoms with E-state index in [1.807, 2.05) is 0 Å². The number of hydrogen-bond acceptors (Lipinski definition) is 8. The molecule has 3 heterocycles. The highest BCUT2D eigenvalue weighted by Gasteiger charge is 2.52. The Bertz CT molecular complexity index is 1270. The van der Waals surface area contributed by atoms with E-state index in [2.05, 4.69) is 10.3 Å². The van der Waals surface area contributed by atoms with Crippen LogP contribution in [0.2, 0.25) is 5.02 Å². The van der Waals surface area contributed by atoms with E-state index >= 15 is 0 Å². The zero-order valence-corrected chi connectivity index (χ0v) is 19.8. The van der Waals surface area contributed by atoms with Gasteiger partial charge in [-0.2, -0.15) is 13.2 Å². The number of benzene rings is 1. The number of fused-ring (bicyclic) bond motifs is 1. The van der Waals surface area contributed by atoms with Crippen molar-refractivity contribution in [1.29, 1.82) is 0 Å². The normalized spacial score (nSPS) is 21.2. The second-order valence-electron chi connectivity index (χ2n) is 8.90. The Morgan fingerprint density at radius 2 is 1.75 bits per heavy atom. The Kier molecular flexibility index (Phi) is 6.47. The van der Waals surface area contributed by atoms with Gasteiger partial charge < -0.3 is 10.2 Å². The Morgan fingerprint density at radius 3 is 2.39 bits per heavy atom. The van der Waals surface area contributed by atoms with Crippen LogP contribution in [0.1, 0.15) is 31.7 Å². The molecule has 1 unspecified atom stereocenters. The van der Waals surface area contributed by atoms with Crippen LogP contribution in [0.15, 0.2) is 33.9 Å². The minimum Gasteiger partial charge on any atom is -0.327 e. The first-order chi connectivity index (χ1) is 17.2. The molecule has 14 heteroatoms. The summed E-state index contributed by atoms with van der Waals surface area (Å²) in [5.74, 6) is -2.66. The van der Waals surface area contributed by atoms with Crippen LogP contribution in [-0.4, -0.2) is 59.1 Å². The average Bonchev–Trinajstić information content (AvgIpc) is 3.47. The number of H-pyrrole nitrogens is 1. The van der Waals surface area contributed by atoms with Crippen LogP contribution in [0.25, 0.3) is 0 Å². The average molecular weight is 529 g/mol. The van der Waals surface area contributed by atoms with Gasteiger partial charge in [0.1, 0.15) is 0 Å². The van der Waals surface area contributed by atoms with Crippen molar-refractivity contribution in [2.45, 2.75) is 44.2 Å². The van der Waals surface area contributed by atoms with E-state index in [0.29, 0.717) is 44.7 Å². The van der Waals surface area contributed by atoms with Gasteiger partial charge in [0, 0.05) is 32.2 Å². The molecule has 5 rings (SSSR count). The molecular formula is C22H24ClF3N6O4. The van der Waals surface area contributed by atoms with Crippen molar-refractivity contribution in [3.63, 3.8) is 0 Å². The number of piperazine rings is 1. The van der Waals surface area contributed by atoms with Crippen LogP contribution < -0.4 is 26.5 Å². The maximum atomic E-state index is 13.4. The second-order valence-corrected chi connectivity index (χ2v) is 9.30. The molecule has 2 N–H and O–H groups in total. The molecule has 1 aromatic heterocycles. The van der Waals surface area contributed by atoms with Crippen LogP contribution in [0, 0.1) is 0 Å². The van der Waals surface area contributed by atoms with Crippen LogP contribution in [0.5, 0.6) is 0 Å². The van der Waals surface area contributed by atoms with Crippen molar-refractivity contribution in [2.75, 3.05) is 36.1 Å². The lowest BCUT2D eigenvalue weighted by molar-refractivity contribution is -0.203. The van der Waals surface area contributed by atoms with E-state index in [1.165, 1.54) is 9.47 Å². The molecule has 0 spiro atoms. The summed E-state index contributed by atoms with van der Waals surface area (Å²) in [7, 11) is 0. The van der Waals surface area contributed by atoms with Crippen LogP contribution in [-0.2, 0) is 9.63 Å². The summed E-state index contributed by atoms with van der Waals surface area (Å²) in [5, 5.41) is 4.15. The number of halogens is 4. The molecule has 3 aliphatic rings. The Balaban J connectivity index is 1.78. The summed E-state index contributed by atoms with van der Waals surface area (Å²) in [6.45, 7) is 1.75. The van der Waals surface area contributed by atoms with E-state index in [1.54, 1.807) is 29.2 Å². The highest BCUT2D eigenvalue weighted by Crippen LogP contribution is 2.47. The quantitative estimate of drug-likeness (QED) is 0.624. The molecule has 0 amide bonds. The molecule has 0 bridgehead atoms. The zero-order chi connectivity index (χ0) is 25.6. The van der Waals surface area contributed by atoms with Crippen molar-refractivity contribution >= 4 is 34.8 Å². The molecule has 10 nitrogen and oxygen atoms in total. The Hall–Kier alpha value is -3.03. The topological polar surface area (TPSA) is 103 Å². The van der Waals surface area contributed by atoms with Gasteiger partial charge in [-0.05, 0) is 25.0 Å². The lowest BCUT2D eigenvalue weighted by Crippen LogP contribution is -2.60. The first-order valence-corrected chi connectivity index (χ1v) is 12.0. The van der Waals surface area contributed by atoms with Crippen LogP contribution >= 0.6 is 11.6 Å². The van der Waals surface area contributed by atoms with Gasteiger partial charge >= 0.3 is 17.8 Å². The molecule has 194 valence electrons. The van der Waals surface area contributed by atoms with Gasteiger partial charge in [0.05, 0.1) is 10.7 Å². The number of alkyl halides is 3. The smallest absolute Gasteiger partial charge is 0.327 e. The van der Waals surface area contributed by atoms with E-state index in [-0.39, 0.29) is 22.6 Å². The highest BCUT2D eigenvalue weighted by atomic mass is 35.5. The maximum Gasteiger partial charge on any atom is 0.493 e. The van der Waals surface area contributed by atoms with Crippen molar-refractivity contribution in [3.05, 3.63) is 50.1 Å². The van der Waals surface area contributed by atoms with Crippen molar-refractivity contribution in [3.8, 4) is 0 Å². The van der Waals surface area contributed by atoms with Crippen molar-refractivity contribution in [1.82, 2.24) is 19.8 Å². The molecule has 0 radical (unpaired) electrons. The first-order valence-electron chi connectivity index (χ1n) is 11.6. The number of nitrogens with one attached hydrogen (secondary N) is 2. The van der Waals surface area contributed by atoms with Gasteiger partial charge in [0.2, 0.25) is 6.29 Å². The highest BCUT2D eigenvalue weighted by molar-refractivity contribution is 6.33. The number of para-hydroxylation sites is 1. The third kappa shape index (κ3) is 4.24. The van der Waals surface area contributed by atoms with Gasteiger partial charge in [0.25, 0.3) is 5.56 Å². The standard InChI is InChI=1S/C22H24ClF3N6O4/c23-14-7-3-4-8-15(14)31-16-17(33)28-20(35)30(13-5-1-2-6-13)18(16)32(36-19(34)22(24,25)26)21(31)29-11-9-27-10-12-29/h3-4,7-8,13,21,27H,1-2,5-6,9-12H2,(H,28,33,35). The molecule has 36 heavy (non-hydrogen) atoms. The molecule has 1 aliphatic carbocycles. The van der Waals surface area contributed by atoms with Crippen molar-refractivity contribution < 1.29 is 22.8 Å². The van der Waals surface area contributed by atoms with Gasteiger partial charge in [-0.3, -0.25) is 24.1 Å². The number of hydroxylamine groups is 1. The van der Waals surface area contributed by atoms with Crippen LogP contribution in [0.3, 0.4) is 0 Å². The number of anilines is 3. The second kappa shape index (κ2) is 9.45. The summed E-state index contributed by atoms with van der Waals surface area (Å²) in [6.07, 6.45) is -3.70. The summed E-state index contributed by atoms with van der Waals surface area (Å²) in [4.78, 5) is 49.0. The fourth-order valence-corrected chi connectivity index (χ4v) is 5.36. The van der Waals surface area contributed by atoms with E-state index in [4.69, 9.17) is 16.4 Å². The van der Waals surface area contributed by atoms with E-state index in [9.17, 15) is 27.6 Å². The lowest BCUT2D eigenvalue weighted by atomic mass is 10.2. The zero-order valence-electron chi connectivity index (χ0n) is 19.1. The Morgan fingerprint density at radius 1 is 1.08 bits per heavy atom. The van der Waals surface area contributed by atoms with Gasteiger partial charge in [0.15, 0.2) is 11.5 Å². The molecule has 2 aliphatic heterocycles. The number of carbonyl (C=O) groups excluding carboxylic acids is 1. The predicted octanol–water partition coefficient (Wildman–Crippen LogP) is 2.47. The van der Waals surface area contributed by atoms with Crippen LogP contribution in [0.4, 0.5) is 30.4 Å². The molecular weight excluding hydrogens is 505 g/mol.